The summed E-state index contributed by atoms with van der Waals surface area (Å²) in [5.74, 6) is -0.321. The van der Waals surface area contributed by atoms with E-state index in [1.807, 2.05) is 0 Å². The summed E-state index contributed by atoms with van der Waals surface area (Å²) in [5.41, 5.74) is -0.201. The molecule has 0 radical (unpaired) electrons. The van der Waals surface area contributed by atoms with Crippen LogP contribution in [-0.2, 0) is 14.8 Å². The Hall–Kier alpha value is -1.71. The third-order valence-electron chi connectivity index (χ3n) is 3.67. The van der Waals surface area contributed by atoms with Crippen molar-refractivity contribution in [3.63, 3.8) is 0 Å². The molecule has 2 rings (SSSR count). The van der Waals surface area contributed by atoms with Crippen LogP contribution in [0.2, 0.25) is 5.02 Å². The topological polar surface area (TPSA) is 110 Å². The van der Waals surface area contributed by atoms with E-state index in [-0.39, 0.29) is 33.6 Å². The third-order valence-corrected chi connectivity index (χ3v) is 5.44. The molecule has 10 heteroatoms. The van der Waals surface area contributed by atoms with Gasteiger partial charge in [0, 0.05) is 24.7 Å². The predicted molar refractivity (Wildman–Crippen MR) is 83.8 cm³/mol. The molecule has 8 nitrogen and oxygen atoms in total. The minimum absolute atomic E-state index is 0.0227. The van der Waals surface area contributed by atoms with Gasteiger partial charge in [0.2, 0.25) is 15.9 Å². The average Bonchev–Trinajstić information content (AvgIpc) is 3.01. The maximum Gasteiger partial charge on any atom is 0.275 e. The second kappa shape index (κ2) is 6.81. The molecule has 1 aliphatic rings. The van der Waals surface area contributed by atoms with Gasteiger partial charge in [-0.2, -0.15) is 0 Å². The number of benzene rings is 1. The number of rotatable bonds is 5. The molecule has 0 saturated carbocycles. The van der Waals surface area contributed by atoms with E-state index in [1.165, 1.54) is 6.92 Å². The van der Waals surface area contributed by atoms with Gasteiger partial charge in [0.05, 0.1) is 21.4 Å². The molecule has 1 heterocycles. The summed E-state index contributed by atoms with van der Waals surface area (Å²) in [6.07, 6.45) is 1.80. The number of nitrogens with zero attached hydrogens (tertiary/aromatic N) is 2. The van der Waals surface area contributed by atoms with E-state index in [0.717, 1.165) is 25.0 Å². The van der Waals surface area contributed by atoms with E-state index >= 15 is 0 Å². The summed E-state index contributed by atoms with van der Waals surface area (Å²) >= 11 is 5.86. The highest BCUT2D eigenvalue weighted by atomic mass is 35.5. The molecule has 1 aromatic rings. The summed E-state index contributed by atoms with van der Waals surface area (Å²) in [5, 5.41) is 10.9. The molecule has 0 atom stereocenters. The third kappa shape index (κ3) is 3.98. The van der Waals surface area contributed by atoms with Crippen LogP contribution in [0.25, 0.3) is 0 Å². The first-order valence-electron chi connectivity index (χ1n) is 6.94. The van der Waals surface area contributed by atoms with Crippen molar-refractivity contribution >= 4 is 33.2 Å². The average molecular weight is 362 g/mol. The maximum atomic E-state index is 12.2. The molecule has 0 unspecified atom stereocenters. The normalized spacial score (nSPS) is 15.0. The zero-order chi connectivity index (χ0) is 17.2. The molecule has 1 N–H and O–H groups in total. The van der Waals surface area contributed by atoms with Gasteiger partial charge < -0.3 is 4.90 Å². The molecule has 1 aromatic carbocycles. The van der Waals surface area contributed by atoms with Crippen LogP contribution in [0, 0.1) is 17.0 Å². The Morgan fingerprint density at radius 1 is 1.39 bits per heavy atom. The van der Waals surface area contributed by atoms with Crippen molar-refractivity contribution in [2.24, 2.45) is 0 Å². The largest absolute Gasteiger partial charge is 0.342 e. The molecule has 126 valence electrons. The lowest BCUT2D eigenvalue weighted by Gasteiger charge is -2.15. The lowest BCUT2D eigenvalue weighted by molar-refractivity contribution is -0.385. The summed E-state index contributed by atoms with van der Waals surface area (Å²) in [7, 11) is -4.07. The van der Waals surface area contributed by atoms with Gasteiger partial charge in [-0.25, -0.2) is 13.1 Å². The van der Waals surface area contributed by atoms with Gasteiger partial charge in [0.15, 0.2) is 0 Å². The Bertz CT molecular complexity index is 744. The van der Waals surface area contributed by atoms with Gasteiger partial charge in [0.1, 0.15) is 0 Å². The lowest BCUT2D eigenvalue weighted by atomic mass is 10.2. The predicted octanol–water partition coefficient (Wildman–Crippen LogP) is 1.46. The van der Waals surface area contributed by atoms with E-state index in [1.54, 1.807) is 4.90 Å². The van der Waals surface area contributed by atoms with Crippen LogP contribution in [-0.4, -0.2) is 43.8 Å². The Kier molecular flexibility index (Phi) is 5.23. The first-order chi connectivity index (χ1) is 10.7. The van der Waals surface area contributed by atoms with Crippen LogP contribution < -0.4 is 4.72 Å². The number of nitro benzene ring substituents is 1. The van der Waals surface area contributed by atoms with E-state index in [4.69, 9.17) is 11.6 Å². The SMILES string of the molecule is Cc1c(Cl)cc(S(=O)(=O)NCC(=O)N2CCCC2)cc1[N+](=O)[O-]. The summed E-state index contributed by atoms with van der Waals surface area (Å²) in [6.45, 7) is 2.27. The molecular weight excluding hydrogens is 346 g/mol. The van der Waals surface area contributed by atoms with Gasteiger partial charge in [-0.15, -0.1) is 0 Å². The van der Waals surface area contributed by atoms with Crippen LogP contribution in [0.4, 0.5) is 5.69 Å². The molecular formula is C13H16ClN3O5S. The fourth-order valence-electron chi connectivity index (χ4n) is 2.30. The van der Waals surface area contributed by atoms with Gasteiger partial charge in [-0.05, 0) is 25.8 Å². The highest BCUT2D eigenvalue weighted by molar-refractivity contribution is 7.89. The Morgan fingerprint density at radius 2 is 2.00 bits per heavy atom. The Labute approximate surface area is 138 Å². The van der Waals surface area contributed by atoms with Crippen LogP contribution in [0.5, 0.6) is 0 Å². The summed E-state index contributed by atoms with van der Waals surface area (Å²) in [6, 6.07) is 2.07. The molecule has 1 fully saturated rings. The first kappa shape index (κ1) is 17.6. The number of carbonyl (C=O) groups is 1. The highest BCUT2D eigenvalue weighted by Crippen LogP contribution is 2.29. The molecule has 0 aromatic heterocycles. The second-order valence-electron chi connectivity index (χ2n) is 5.22. The number of nitro groups is 1. The second-order valence-corrected chi connectivity index (χ2v) is 7.39. The number of halogens is 1. The lowest BCUT2D eigenvalue weighted by Crippen LogP contribution is -2.38. The minimum atomic E-state index is -4.07. The van der Waals surface area contributed by atoms with E-state index in [0.29, 0.717) is 13.1 Å². The number of amides is 1. The Morgan fingerprint density at radius 3 is 2.57 bits per heavy atom. The van der Waals surface area contributed by atoms with Gasteiger partial charge in [-0.3, -0.25) is 14.9 Å². The molecule has 23 heavy (non-hydrogen) atoms. The Balaban J connectivity index is 2.19. The van der Waals surface area contributed by atoms with Crippen molar-refractivity contribution < 1.29 is 18.1 Å². The fourth-order valence-corrected chi connectivity index (χ4v) is 3.60. The summed E-state index contributed by atoms with van der Waals surface area (Å²) in [4.78, 5) is 23.4. The minimum Gasteiger partial charge on any atom is -0.342 e. The quantitative estimate of drug-likeness (QED) is 0.630. The van der Waals surface area contributed by atoms with Crippen LogP contribution in [0.3, 0.4) is 0 Å². The van der Waals surface area contributed by atoms with Crippen molar-refractivity contribution in [1.82, 2.24) is 9.62 Å². The van der Waals surface area contributed by atoms with Gasteiger partial charge in [-0.1, -0.05) is 11.6 Å². The number of likely N-dealkylation sites (tertiary alicyclic amines) is 1. The van der Waals surface area contributed by atoms with Crippen molar-refractivity contribution in [2.45, 2.75) is 24.7 Å². The fraction of sp³-hybridized carbons (Fsp3) is 0.462. The van der Waals surface area contributed by atoms with Gasteiger partial charge in [0.25, 0.3) is 5.69 Å². The highest BCUT2D eigenvalue weighted by Gasteiger charge is 2.24. The van der Waals surface area contributed by atoms with Crippen LogP contribution >= 0.6 is 11.6 Å². The van der Waals surface area contributed by atoms with Crippen molar-refractivity contribution in [3.8, 4) is 0 Å². The maximum absolute atomic E-state index is 12.2. The number of nitrogens with one attached hydrogen (secondary N) is 1. The molecule has 0 spiro atoms. The van der Waals surface area contributed by atoms with Gasteiger partial charge >= 0.3 is 0 Å². The molecule has 0 bridgehead atoms. The molecule has 0 aliphatic carbocycles. The van der Waals surface area contributed by atoms with Crippen LogP contribution in [0.15, 0.2) is 17.0 Å². The molecule has 1 amide bonds. The molecule has 1 saturated heterocycles. The number of sulfonamides is 1. The van der Waals surface area contributed by atoms with E-state index in [9.17, 15) is 23.3 Å². The zero-order valence-corrected chi connectivity index (χ0v) is 14.0. The first-order valence-corrected chi connectivity index (χ1v) is 8.80. The monoisotopic (exact) mass is 361 g/mol. The summed E-state index contributed by atoms with van der Waals surface area (Å²) < 4.78 is 26.6. The van der Waals surface area contributed by atoms with Crippen molar-refractivity contribution in [1.29, 1.82) is 0 Å². The van der Waals surface area contributed by atoms with E-state index < -0.39 is 14.9 Å². The smallest absolute Gasteiger partial charge is 0.275 e. The number of hydrogen-bond donors (Lipinski definition) is 1. The number of carbonyl (C=O) groups excluding carboxylic acids is 1. The number of hydrogen-bond acceptors (Lipinski definition) is 5. The zero-order valence-electron chi connectivity index (χ0n) is 12.4. The standard InChI is InChI=1S/C13H16ClN3O5S/c1-9-11(14)6-10(7-12(9)17(19)20)23(21,22)15-8-13(18)16-4-2-3-5-16/h6-7,15H,2-5,8H2,1H3. The van der Waals surface area contributed by atoms with Crippen LogP contribution in [0.1, 0.15) is 18.4 Å². The van der Waals surface area contributed by atoms with E-state index in [2.05, 4.69) is 4.72 Å². The van der Waals surface area contributed by atoms with Crippen molar-refractivity contribution in [3.05, 3.63) is 32.8 Å². The molecule has 1 aliphatic heterocycles. The van der Waals surface area contributed by atoms with Crippen molar-refractivity contribution in [2.75, 3.05) is 19.6 Å².